The smallest absolute Gasteiger partial charge is 0.113 e. The largest absolute Gasteiger partial charge is 0.383 e. The fraction of sp³-hybridized carbons (Fsp3) is 0.333. The number of aryl methyl sites for hydroxylation is 4. The first-order valence-corrected chi connectivity index (χ1v) is 6.62. The van der Waals surface area contributed by atoms with E-state index in [1.165, 1.54) is 21.6 Å². The number of hydrogen-bond acceptors (Lipinski definition) is 2. The molecule has 1 N–H and O–H groups in total. The zero-order valence-corrected chi connectivity index (χ0v) is 11.6. The third-order valence-corrected chi connectivity index (χ3v) is 4.22. The summed E-state index contributed by atoms with van der Waals surface area (Å²) < 4.78 is 0. The first-order valence-electron chi connectivity index (χ1n) is 5.80. The highest BCUT2D eigenvalue weighted by molar-refractivity contribution is 7.12. The molecule has 2 rings (SSSR count). The molecular weight excluding hydrogens is 228 g/mol. The minimum Gasteiger partial charge on any atom is -0.383 e. The Morgan fingerprint density at radius 1 is 0.941 bits per heavy atom. The second-order valence-corrected chi connectivity index (χ2v) is 6.00. The Morgan fingerprint density at radius 3 is 2.00 bits per heavy atom. The van der Waals surface area contributed by atoms with Crippen LogP contribution >= 0.6 is 11.3 Å². The van der Waals surface area contributed by atoms with Crippen molar-refractivity contribution in [3.63, 3.8) is 0 Å². The third kappa shape index (κ3) is 2.59. The Labute approximate surface area is 107 Å². The first kappa shape index (κ1) is 12.3. The molecule has 0 radical (unpaired) electrons. The van der Waals surface area contributed by atoms with Crippen LogP contribution in [0.1, 0.15) is 38.1 Å². The van der Waals surface area contributed by atoms with Crippen LogP contribution in [0.3, 0.4) is 0 Å². The van der Waals surface area contributed by atoms with Gasteiger partial charge in [0, 0.05) is 9.75 Å². The maximum absolute atomic E-state index is 10.4. The summed E-state index contributed by atoms with van der Waals surface area (Å²) in [4.78, 5) is 2.31. The molecule has 0 saturated heterocycles. The van der Waals surface area contributed by atoms with E-state index >= 15 is 0 Å². The summed E-state index contributed by atoms with van der Waals surface area (Å²) in [6, 6.07) is 8.33. The molecule has 0 bridgehead atoms. The van der Waals surface area contributed by atoms with Crippen LogP contribution in [0, 0.1) is 27.7 Å². The molecule has 2 aromatic rings. The number of rotatable bonds is 2. The van der Waals surface area contributed by atoms with Crippen molar-refractivity contribution < 1.29 is 5.11 Å². The first-order chi connectivity index (χ1) is 7.97. The lowest BCUT2D eigenvalue weighted by Gasteiger charge is -2.11. The molecule has 0 aliphatic heterocycles. The van der Waals surface area contributed by atoms with E-state index in [2.05, 4.69) is 52.0 Å². The van der Waals surface area contributed by atoms with Gasteiger partial charge in [0.25, 0.3) is 0 Å². The molecule has 0 aliphatic carbocycles. The quantitative estimate of drug-likeness (QED) is 0.847. The van der Waals surface area contributed by atoms with Gasteiger partial charge in [-0.1, -0.05) is 29.3 Å². The van der Waals surface area contributed by atoms with E-state index in [-0.39, 0.29) is 0 Å². The molecule has 1 atom stereocenters. The molecule has 1 heterocycles. The summed E-state index contributed by atoms with van der Waals surface area (Å²) in [5, 5.41) is 10.4. The molecule has 1 nitrogen and oxygen atoms in total. The Morgan fingerprint density at radius 2 is 1.53 bits per heavy atom. The maximum Gasteiger partial charge on any atom is 0.113 e. The highest BCUT2D eigenvalue weighted by Crippen LogP contribution is 2.31. The molecule has 1 unspecified atom stereocenters. The van der Waals surface area contributed by atoms with Gasteiger partial charge in [0.05, 0.1) is 0 Å². The van der Waals surface area contributed by atoms with E-state index in [0.29, 0.717) is 0 Å². The van der Waals surface area contributed by atoms with Gasteiger partial charge in [-0.25, -0.2) is 0 Å². The highest BCUT2D eigenvalue weighted by atomic mass is 32.1. The summed E-state index contributed by atoms with van der Waals surface area (Å²) in [5.41, 5.74) is 4.64. The zero-order valence-electron chi connectivity index (χ0n) is 10.7. The van der Waals surface area contributed by atoms with Crippen LogP contribution in [0.4, 0.5) is 0 Å². The summed E-state index contributed by atoms with van der Waals surface area (Å²) in [6.07, 6.45) is -0.494. The normalized spacial score (nSPS) is 12.8. The van der Waals surface area contributed by atoms with Crippen molar-refractivity contribution in [2.24, 2.45) is 0 Å². The van der Waals surface area contributed by atoms with Gasteiger partial charge in [-0.05, 0) is 44.9 Å². The third-order valence-electron chi connectivity index (χ3n) is 3.01. The van der Waals surface area contributed by atoms with Gasteiger partial charge >= 0.3 is 0 Å². The summed E-state index contributed by atoms with van der Waals surface area (Å²) in [6.45, 7) is 8.31. The predicted octanol–water partition coefficient (Wildman–Crippen LogP) is 4.06. The second-order valence-electron chi connectivity index (χ2n) is 4.71. The van der Waals surface area contributed by atoms with Crippen molar-refractivity contribution >= 4 is 11.3 Å². The Kier molecular flexibility index (Phi) is 3.36. The topological polar surface area (TPSA) is 20.2 Å². The van der Waals surface area contributed by atoms with E-state index in [9.17, 15) is 5.11 Å². The van der Waals surface area contributed by atoms with E-state index in [1.807, 2.05) is 0 Å². The molecule has 0 saturated carbocycles. The molecule has 0 spiro atoms. The summed E-state index contributed by atoms with van der Waals surface area (Å²) in [5.74, 6) is 0. The molecule has 17 heavy (non-hydrogen) atoms. The average molecular weight is 246 g/mol. The predicted molar refractivity (Wildman–Crippen MR) is 73.8 cm³/mol. The standard InChI is InChI=1S/C15H18OS/c1-9-5-10(2)7-13(6-9)15(16)14-8-11(3)12(4)17-14/h5-8,15-16H,1-4H3. The monoisotopic (exact) mass is 246 g/mol. The Balaban J connectivity index is 2.39. The van der Waals surface area contributed by atoms with Crippen molar-refractivity contribution in [2.75, 3.05) is 0 Å². The van der Waals surface area contributed by atoms with Gasteiger partial charge < -0.3 is 5.11 Å². The van der Waals surface area contributed by atoms with Crippen molar-refractivity contribution in [2.45, 2.75) is 33.8 Å². The lowest BCUT2D eigenvalue weighted by molar-refractivity contribution is 0.224. The van der Waals surface area contributed by atoms with Crippen LogP contribution in [0.25, 0.3) is 0 Å². The van der Waals surface area contributed by atoms with Crippen molar-refractivity contribution in [3.8, 4) is 0 Å². The number of aliphatic hydroxyl groups excluding tert-OH is 1. The van der Waals surface area contributed by atoms with Gasteiger partial charge in [-0.3, -0.25) is 0 Å². The van der Waals surface area contributed by atoms with Gasteiger partial charge in [-0.2, -0.15) is 0 Å². The molecule has 1 aromatic heterocycles. The molecule has 0 aliphatic rings. The van der Waals surface area contributed by atoms with E-state index in [0.717, 1.165) is 10.4 Å². The van der Waals surface area contributed by atoms with E-state index in [4.69, 9.17) is 0 Å². The number of hydrogen-bond donors (Lipinski definition) is 1. The molecule has 0 fully saturated rings. The Hall–Kier alpha value is -1.12. The fourth-order valence-corrected chi connectivity index (χ4v) is 3.13. The lowest BCUT2D eigenvalue weighted by atomic mass is 10.0. The molecule has 2 heteroatoms. The van der Waals surface area contributed by atoms with Crippen LogP contribution in [-0.2, 0) is 0 Å². The van der Waals surface area contributed by atoms with Gasteiger partial charge in [0.2, 0.25) is 0 Å². The fourth-order valence-electron chi connectivity index (χ4n) is 2.07. The summed E-state index contributed by atoms with van der Waals surface area (Å²) >= 11 is 1.68. The maximum atomic E-state index is 10.4. The van der Waals surface area contributed by atoms with Gasteiger partial charge in [0.15, 0.2) is 0 Å². The number of aliphatic hydroxyl groups is 1. The number of benzene rings is 1. The van der Waals surface area contributed by atoms with E-state index < -0.39 is 6.10 Å². The number of thiophene rings is 1. The minimum absolute atomic E-state index is 0.494. The van der Waals surface area contributed by atoms with Crippen LogP contribution in [-0.4, -0.2) is 5.11 Å². The van der Waals surface area contributed by atoms with Crippen LogP contribution in [0.2, 0.25) is 0 Å². The molecule has 90 valence electrons. The lowest BCUT2D eigenvalue weighted by Crippen LogP contribution is -1.98. The highest BCUT2D eigenvalue weighted by Gasteiger charge is 2.14. The average Bonchev–Trinajstić information content (AvgIpc) is 2.57. The van der Waals surface area contributed by atoms with Crippen LogP contribution in [0.15, 0.2) is 24.3 Å². The van der Waals surface area contributed by atoms with Crippen LogP contribution < -0.4 is 0 Å². The van der Waals surface area contributed by atoms with E-state index in [1.54, 1.807) is 11.3 Å². The van der Waals surface area contributed by atoms with Crippen molar-refractivity contribution in [1.82, 2.24) is 0 Å². The van der Waals surface area contributed by atoms with Gasteiger partial charge in [0.1, 0.15) is 6.10 Å². The van der Waals surface area contributed by atoms with Crippen molar-refractivity contribution in [1.29, 1.82) is 0 Å². The zero-order chi connectivity index (χ0) is 12.6. The SMILES string of the molecule is Cc1cc(C)cc(C(O)c2cc(C)c(C)s2)c1. The second kappa shape index (κ2) is 4.63. The Bertz CT molecular complexity index is 500. The molecule has 0 amide bonds. The van der Waals surface area contributed by atoms with Crippen molar-refractivity contribution in [3.05, 3.63) is 56.3 Å². The minimum atomic E-state index is -0.494. The molecule has 1 aromatic carbocycles. The van der Waals surface area contributed by atoms with Crippen LogP contribution in [0.5, 0.6) is 0 Å². The summed E-state index contributed by atoms with van der Waals surface area (Å²) in [7, 11) is 0. The molecular formula is C15H18OS. The van der Waals surface area contributed by atoms with Gasteiger partial charge in [-0.15, -0.1) is 11.3 Å².